The van der Waals surface area contributed by atoms with Crippen LogP contribution in [0.2, 0.25) is 0 Å². The van der Waals surface area contributed by atoms with Crippen molar-refractivity contribution in [3.8, 4) is 5.88 Å². The molecular weight excluding hydrogens is 409 g/mol. The quantitative estimate of drug-likeness (QED) is 0.678. The fourth-order valence-electron chi connectivity index (χ4n) is 3.88. The van der Waals surface area contributed by atoms with Crippen LogP contribution < -0.4 is 9.64 Å². The van der Waals surface area contributed by atoms with Crippen LogP contribution >= 0.6 is 11.6 Å². The van der Waals surface area contributed by atoms with Crippen LogP contribution in [0.5, 0.6) is 5.88 Å². The van der Waals surface area contributed by atoms with E-state index in [2.05, 4.69) is 4.90 Å². The van der Waals surface area contributed by atoms with Gasteiger partial charge in [0.15, 0.2) is 0 Å². The molecule has 1 aromatic heterocycles. The van der Waals surface area contributed by atoms with E-state index >= 15 is 0 Å². The Labute approximate surface area is 180 Å². The first-order valence-corrected chi connectivity index (χ1v) is 10.7. The third-order valence-corrected chi connectivity index (χ3v) is 5.70. The maximum Gasteiger partial charge on any atom is 0.242 e. The van der Waals surface area contributed by atoms with Gasteiger partial charge in [-0.1, -0.05) is 12.1 Å². The van der Waals surface area contributed by atoms with E-state index in [4.69, 9.17) is 26.1 Å². The van der Waals surface area contributed by atoms with Gasteiger partial charge >= 0.3 is 0 Å². The van der Waals surface area contributed by atoms with Crippen molar-refractivity contribution in [3.63, 3.8) is 0 Å². The van der Waals surface area contributed by atoms with Crippen molar-refractivity contribution in [1.29, 1.82) is 0 Å². The molecule has 0 saturated carbocycles. The van der Waals surface area contributed by atoms with E-state index < -0.39 is 0 Å². The molecule has 0 spiro atoms. The maximum atomic E-state index is 13.4. The number of alkyl halides is 1. The average Bonchev–Trinajstić information content (AvgIpc) is 2.76. The summed E-state index contributed by atoms with van der Waals surface area (Å²) in [4.78, 5) is 21.3. The number of nitrogens with zero attached hydrogens (tertiary/aromatic N) is 3. The Bertz CT molecular complexity index is 903. The number of pyridine rings is 1. The number of carbonyl (C=O) groups is 1. The van der Waals surface area contributed by atoms with Crippen LogP contribution in [0.25, 0.3) is 0 Å². The molecule has 1 saturated heterocycles. The van der Waals surface area contributed by atoms with Gasteiger partial charge in [-0.05, 0) is 42.7 Å². The predicted octanol–water partition coefficient (Wildman–Crippen LogP) is 3.00. The Morgan fingerprint density at radius 2 is 2.00 bits per heavy atom. The summed E-state index contributed by atoms with van der Waals surface area (Å²) in [5.41, 5.74) is 3.49. The molecular formula is C22H25ClFN3O3. The molecule has 0 aliphatic carbocycles. The molecule has 8 heteroatoms. The lowest BCUT2D eigenvalue weighted by Gasteiger charge is -2.35. The third kappa shape index (κ3) is 4.58. The molecule has 2 aliphatic rings. The highest BCUT2D eigenvalue weighted by atomic mass is 35.5. The summed E-state index contributed by atoms with van der Waals surface area (Å²) in [6, 6.07) is 8.30. The summed E-state index contributed by atoms with van der Waals surface area (Å²) in [6.45, 7) is 6.03. The first kappa shape index (κ1) is 21.0. The van der Waals surface area contributed by atoms with Crippen molar-refractivity contribution in [3.05, 3.63) is 53.0 Å². The van der Waals surface area contributed by atoms with Crippen LogP contribution in [0.3, 0.4) is 0 Å². The van der Waals surface area contributed by atoms with Gasteiger partial charge in [0.2, 0.25) is 11.8 Å². The second-order valence-corrected chi connectivity index (χ2v) is 7.93. The van der Waals surface area contributed by atoms with E-state index in [9.17, 15) is 9.18 Å². The van der Waals surface area contributed by atoms with Crippen molar-refractivity contribution >= 4 is 23.2 Å². The van der Waals surface area contributed by atoms with Crippen LogP contribution in [0.4, 0.5) is 10.1 Å². The molecule has 1 atom stereocenters. The molecule has 1 aromatic carbocycles. The topological polar surface area (TPSA) is 54.9 Å². The summed E-state index contributed by atoms with van der Waals surface area (Å²) >= 11 is 5.86. The summed E-state index contributed by atoms with van der Waals surface area (Å²) in [5.74, 6) is -0.0918. The summed E-state index contributed by atoms with van der Waals surface area (Å²) in [6.07, 6.45) is 0.581. The molecule has 0 bridgehead atoms. The number of carbonyl (C=O) groups excluding carboxylic acids is 1. The van der Waals surface area contributed by atoms with Crippen LogP contribution in [0, 0.1) is 5.82 Å². The van der Waals surface area contributed by atoms with Crippen molar-refractivity contribution in [1.82, 2.24) is 9.88 Å². The molecule has 1 amide bonds. The monoisotopic (exact) mass is 433 g/mol. The molecule has 30 heavy (non-hydrogen) atoms. The molecule has 0 N–H and O–H groups in total. The number of aromatic nitrogens is 1. The number of rotatable bonds is 5. The van der Waals surface area contributed by atoms with E-state index in [0.717, 1.165) is 29.9 Å². The second kappa shape index (κ2) is 9.29. The van der Waals surface area contributed by atoms with Crippen LogP contribution in [0.1, 0.15) is 23.7 Å². The Balaban J connectivity index is 1.72. The smallest absolute Gasteiger partial charge is 0.242 e. The van der Waals surface area contributed by atoms with Crippen LogP contribution in [-0.2, 0) is 22.5 Å². The van der Waals surface area contributed by atoms with Gasteiger partial charge in [-0.3, -0.25) is 9.69 Å². The van der Waals surface area contributed by atoms with Crippen LogP contribution in [0.15, 0.2) is 30.3 Å². The lowest BCUT2D eigenvalue weighted by atomic mass is 10.0. The van der Waals surface area contributed by atoms with Gasteiger partial charge < -0.3 is 14.4 Å². The average molecular weight is 434 g/mol. The summed E-state index contributed by atoms with van der Waals surface area (Å²) < 4.78 is 24.7. The fraction of sp³-hybridized carbons (Fsp3) is 0.455. The molecule has 6 nitrogen and oxygen atoms in total. The molecule has 1 unspecified atom stereocenters. The number of fused-ring (bicyclic) bond motifs is 1. The number of halogens is 2. The molecule has 160 valence electrons. The maximum absolute atomic E-state index is 13.4. The number of hydrogen-bond donors (Lipinski definition) is 0. The van der Waals surface area contributed by atoms with Crippen molar-refractivity contribution < 1.29 is 18.7 Å². The number of ether oxygens (including phenoxy) is 2. The van der Waals surface area contributed by atoms with Gasteiger partial charge in [-0.2, -0.15) is 0 Å². The molecule has 2 aromatic rings. The Hall–Kier alpha value is -2.22. The zero-order valence-electron chi connectivity index (χ0n) is 16.9. The minimum Gasteiger partial charge on any atom is -0.474 e. The second-order valence-electron chi connectivity index (χ2n) is 7.67. The zero-order chi connectivity index (χ0) is 21.1. The molecule has 4 rings (SSSR count). The number of morpholine rings is 1. The Morgan fingerprint density at radius 3 is 2.70 bits per heavy atom. The van der Waals surface area contributed by atoms with Gasteiger partial charge in [0, 0.05) is 19.6 Å². The molecule has 1 fully saturated rings. The van der Waals surface area contributed by atoms with Gasteiger partial charge in [-0.25, -0.2) is 9.37 Å². The number of hydrogen-bond acceptors (Lipinski definition) is 5. The highest BCUT2D eigenvalue weighted by Crippen LogP contribution is 2.35. The van der Waals surface area contributed by atoms with E-state index in [1.807, 2.05) is 13.0 Å². The summed E-state index contributed by atoms with van der Waals surface area (Å²) in [5, 5.41) is 0. The van der Waals surface area contributed by atoms with E-state index in [1.54, 1.807) is 17.0 Å². The number of amides is 1. The first-order valence-electron chi connectivity index (χ1n) is 10.1. The Kier molecular flexibility index (Phi) is 6.51. The first-order chi connectivity index (χ1) is 14.5. The largest absolute Gasteiger partial charge is 0.474 e. The molecule has 0 radical (unpaired) electrons. The standard InChI is InChI=1S/C22H25ClFN3O3/c1-15-14-30-22-20(27(15)21(28)12-23)11-17(10-16-2-4-18(24)5-3-16)19(25-22)13-26-6-8-29-9-7-26/h2-5,11,15H,6-10,12-14H2,1H3. The van der Waals surface area contributed by atoms with E-state index in [1.165, 1.54) is 12.1 Å². The van der Waals surface area contributed by atoms with Crippen molar-refractivity contribution in [2.75, 3.05) is 43.7 Å². The number of anilines is 1. The lowest BCUT2D eigenvalue weighted by molar-refractivity contribution is -0.117. The van der Waals surface area contributed by atoms with Gasteiger partial charge in [0.25, 0.3) is 0 Å². The molecule has 2 aliphatic heterocycles. The van der Waals surface area contributed by atoms with Crippen LogP contribution in [-0.4, -0.2) is 60.6 Å². The lowest BCUT2D eigenvalue weighted by Crippen LogP contribution is -2.46. The minimum atomic E-state index is -0.267. The fourth-order valence-corrected chi connectivity index (χ4v) is 4.01. The minimum absolute atomic E-state index is 0.105. The highest BCUT2D eigenvalue weighted by molar-refractivity contribution is 6.29. The van der Waals surface area contributed by atoms with Gasteiger partial charge in [-0.15, -0.1) is 11.6 Å². The SMILES string of the molecule is CC1COc2nc(CN3CCOCC3)c(Cc3ccc(F)cc3)cc2N1C(=O)CCl. The summed E-state index contributed by atoms with van der Waals surface area (Å²) in [7, 11) is 0. The van der Waals surface area contributed by atoms with Crippen molar-refractivity contribution in [2.24, 2.45) is 0 Å². The Morgan fingerprint density at radius 1 is 1.27 bits per heavy atom. The van der Waals surface area contributed by atoms with Gasteiger partial charge in [0.1, 0.15) is 24.0 Å². The van der Waals surface area contributed by atoms with E-state index in [0.29, 0.717) is 44.4 Å². The number of benzene rings is 1. The van der Waals surface area contributed by atoms with Crippen molar-refractivity contribution in [2.45, 2.75) is 25.9 Å². The normalized spacial score (nSPS) is 19.3. The predicted molar refractivity (Wildman–Crippen MR) is 113 cm³/mol. The van der Waals surface area contributed by atoms with E-state index in [-0.39, 0.29) is 23.6 Å². The zero-order valence-corrected chi connectivity index (χ0v) is 17.7. The molecule has 3 heterocycles. The van der Waals surface area contributed by atoms with Gasteiger partial charge in [0.05, 0.1) is 24.9 Å². The highest BCUT2D eigenvalue weighted by Gasteiger charge is 2.31. The third-order valence-electron chi connectivity index (χ3n) is 5.47.